The number of nitrogens with zero attached hydrogens (tertiary/aromatic N) is 1. The molecule has 1 aliphatic carbocycles. The molecule has 516 valence electrons. The maximum atomic E-state index is 14.7. The Balaban J connectivity index is 1.37. The normalized spacial score (nSPS) is 33.2. The third-order valence-electron chi connectivity index (χ3n) is 17.6. The van der Waals surface area contributed by atoms with E-state index in [0.717, 1.165) is 12.0 Å². The van der Waals surface area contributed by atoms with Gasteiger partial charge in [0.25, 0.3) is 16.9 Å². The molecule has 16 atom stereocenters. The van der Waals surface area contributed by atoms with E-state index in [9.17, 15) is 39.6 Å². The summed E-state index contributed by atoms with van der Waals surface area (Å²) in [6.45, 7) is 21.8. The predicted molar refractivity (Wildman–Crippen MR) is 342 cm³/mol. The van der Waals surface area contributed by atoms with Gasteiger partial charge in [0.05, 0.1) is 110 Å². The molecule has 2 bridgehead atoms. The molecule has 4 aliphatic rings. The van der Waals surface area contributed by atoms with Gasteiger partial charge >= 0.3 is 5.97 Å². The van der Waals surface area contributed by atoms with Gasteiger partial charge in [-0.15, -0.1) is 0 Å². The average Bonchev–Trinajstić information content (AvgIpc) is 0.874. The number of esters is 1. The Hall–Kier alpha value is -3.63. The standard InChI is InChI=1S/C67H112N2O20S/c1-11-80-27-28-82-31-32-84-35-36-86-38-37-85-34-33-83-30-29-81-26-24-68-66(90)88-56-23-21-52(42-59(56)79-10)41-48(5)58-44-55(70)47(4)40-50(7)61(72)62(73)60(71)49(6)39-45(2)17-13-12-14-18-46(3)57(78-9)43-53-22-20-51(8)67(77,89-53)63(74)64(75)69-25-16-15-19-54(69)65(76)87-58/h12-14,17-18,40,45,47-49,51-59,61-62,70,72-73,77H,11,15-16,19-39,41-44H2,1-10H3,(H,68,90)/b14-12+,17-13+,46-18+,50-40+/t45-,47-,48-,49-,51-,52+,53+,54+,55-,56-,57+,58+,59-,61-,62+,67-/m1/s1. The maximum absolute atomic E-state index is 14.7. The second-order valence-electron chi connectivity index (χ2n) is 24.8. The van der Waals surface area contributed by atoms with Crippen molar-refractivity contribution < 1.29 is 96.4 Å². The molecule has 1 amide bonds. The molecule has 2 saturated heterocycles. The van der Waals surface area contributed by atoms with E-state index in [1.165, 1.54) is 4.90 Å². The van der Waals surface area contributed by atoms with Gasteiger partial charge < -0.3 is 87.5 Å². The largest absolute Gasteiger partial charge is 0.465 e. The van der Waals surface area contributed by atoms with E-state index in [2.05, 4.69) is 5.32 Å². The van der Waals surface area contributed by atoms with Crippen molar-refractivity contribution >= 4 is 40.8 Å². The van der Waals surface area contributed by atoms with Crippen LogP contribution >= 0.6 is 12.2 Å². The van der Waals surface area contributed by atoms with Crippen LogP contribution in [0.4, 0.5) is 0 Å². The van der Waals surface area contributed by atoms with E-state index in [1.54, 1.807) is 48.0 Å². The zero-order valence-corrected chi connectivity index (χ0v) is 56.4. The number of ketones is 2. The van der Waals surface area contributed by atoms with E-state index in [-0.39, 0.29) is 54.5 Å². The topological polar surface area (TPSA) is 275 Å². The van der Waals surface area contributed by atoms with Crippen molar-refractivity contribution in [1.29, 1.82) is 0 Å². The fourth-order valence-electron chi connectivity index (χ4n) is 12.0. The number of nitrogens with one attached hydrogen (secondary N) is 1. The van der Waals surface area contributed by atoms with Crippen molar-refractivity contribution in [1.82, 2.24) is 10.2 Å². The van der Waals surface area contributed by atoms with E-state index in [1.807, 2.05) is 58.1 Å². The molecule has 90 heavy (non-hydrogen) atoms. The molecule has 3 heterocycles. The van der Waals surface area contributed by atoms with Gasteiger partial charge in [0, 0.05) is 64.5 Å². The number of ether oxygens (including phenoxy) is 12. The minimum atomic E-state index is -2.45. The van der Waals surface area contributed by atoms with Crippen LogP contribution in [-0.4, -0.2) is 234 Å². The smallest absolute Gasteiger partial charge is 0.329 e. The highest BCUT2D eigenvalue weighted by atomic mass is 32.1. The number of hydrogen-bond acceptors (Lipinski definition) is 21. The number of aliphatic hydroxyl groups is 4. The third-order valence-corrected chi connectivity index (χ3v) is 17.9. The first-order valence-corrected chi connectivity index (χ1v) is 33.3. The molecule has 0 radical (unpaired) electrons. The minimum absolute atomic E-state index is 0.0451. The van der Waals surface area contributed by atoms with Crippen molar-refractivity contribution in [3.05, 3.63) is 47.6 Å². The molecular weight excluding hydrogens is 1180 g/mol. The molecule has 23 heteroatoms. The molecule has 3 aliphatic heterocycles. The van der Waals surface area contributed by atoms with Crippen molar-refractivity contribution in [2.24, 2.45) is 35.5 Å². The molecule has 0 spiro atoms. The first kappa shape index (κ1) is 78.8. The summed E-state index contributed by atoms with van der Waals surface area (Å²) in [5.74, 6) is -8.14. The number of fused-ring (bicyclic) bond motifs is 3. The van der Waals surface area contributed by atoms with Gasteiger partial charge in [-0.1, -0.05) is 71.1 Å². The Morgan fingerprint density at radius 2 is 1.32 bits per heavy atom. The number of allylic oxidation sites excluding steroid dienone is 5. The summed E-state index contributed by atoms with van der Waals surface area (Å²) in [6.07, 6.45) is 9.42. The first-order chi connectivity index (χ1) is 43.1. The second kappa shape index (κ2) is 43.4. The Morgan fingerprint density at radius 3 is 1.92 bits per heavy atom. The highest BCUT2D eigenvalue weighted by Crippen LogP contribution is 2.38. The number of aliphatic hydroxyl groups excluding tert-OH is 3. The number of carbonyl (C=O) groups excluding carboxylic acids is 4. The number of thiocarbonyl (C=S) groups is 1. The monoisotopic (exact) mass is 1300 g/mol. The molecule has 22 nitrogen and oxygen atoms in total. The number of carbonyl (C=O) groups is 4. The van der Waals surface area contributed by atoms with Crippen LogP contribution in [0.2, 0.25) is 0 Å². The molecule has 5 N–H and O–H groups in total. The van der Waals surface area contributed by atoms with E-state index in [4.69, 9.17) is 69.1 Å². The lowest BCUT2D eigenvalue weighted by Gasteiger charge is -2.43. The molecule has 0 aromatic carbocycles. The fourth-order valence-corrected chi connectivity index (χ4v) is 12.2. The van der Waals surface area contributed by atoms with E-state index >= 15 is 0 Å². The molecular formula is C67H112N2O20S. The summed E-state index contributed by atoms with van der Waals surface area (Å²) in [5.41, 5.74) is 1.15. The van der Waals surface area contributed by atoms with Gasteiger partial charge in [-0.3, -0.25) is 14.4 Å². The predicted octanol–water partition coefficient (Wildman–Crippen LogP) is 6.35. The van der Waals surface area contributed by atoms with Crippen LogP contribution in [0.25, 0.3) is 0 Å². The highest BCUT2D eigenvalue weighted by molar-refractivity contribution is 7.80. The minimum Gasteiger partial charge on any atom is -0.465 e. The van der Waals surface area contributed by atoms with Crippen molar-refractivity contribution in [3.8, 4) is 0 Å². The number of amides is 1. The van der Waals surface area contributed by atoms with Crippen LogP contribution in [0, 0.1) is 35.5 Å². The number of piperidine rings is 1. The average molecular weight is 1300 g/mol. The van der Waals surface area contributed by atoms with Crippen LogP contribution in [-0.2, 0) is 76.0 Å². The van der Waals surface area contributed by atoms with Crippen LogP contribution in [0.3, 0.4) is 0 Å². The third kappa shape index (κ3) is 27.4. The Bertz CT molecular complexity index is 2240. The number of methoxy groups -OCH3 is 2. The van der Waals surface area contributed by atoms with Crippen LogP contribution in [0.5, 0.6) is 0 Å². The van der Waals surface area contributed by atoms with Gasteiger partial charge in [-0.2, -0.15) is 0 Å². The number of cyclic esters (lactones) is 1. The first-order valence-electron chi connectivity index (χ1n) is 32.9. The van der Waals surface area contributed by atoms with Crippen molar-refractivity contribution in [2.75, 3.05) is 120 Å². The summed E-state index contributed by atoms with van der Waals surface area (Å²) >= 11 is 5.57. The quantitative estimate of drug-likeness (QED) is 0.0188. The van der Waals surface area contributed by atoms with E-state index < -0.39 is 89.6 Å². The number of rotatable bonds is 28. The van der Waals surface area contributed by atoms with Gasteiger partial charge in [-0.05, 0) is 126 Å². The molecule has 1 saturated carbocycles. The second-order valence-corrected chi connectivity index (χ2v) is 25.1. The Morgan fingerprint density at radius 1 is 0.711 bits per heavy atom. The van der Waals surface area contributed by atoms with Gasteiger partial charge in [0.15, 0.2) is 5.78 Å². The maximum Gasteiger partial charge on any atom is 0.329 e. The summed E-state index contributed by atoms with van der Waals surface area (Å²) in [4.78, 5) is 58.3. The lowest BCUT2D eigenvalue weighted by atomic mass is 9.78. The SMILES string of the molecule is CCOCCOCCOCCOCCOCCOCCOCCNC(=S)O[C@@H]1CC[C@@H](C[C@@H](C)[C@@H]2C[C@@H](O)[C@H](C)/C=C(\C)[C@@H](O)[C@@H](O)C(=O)[C@H](C)C[C@H](C)/C=C/C=C/C=C(\C)[C@@H](OC)C[C@@H]3CC[C@@H](C)[C@@](O)(O3)C(=O)C(=O)N3CCCC[C@H]3C(=O)O2)C[C@H]1OC. The van der Waals surface area contributed by atoms with Crippen LogP contribution in [0.1, 0.15) is 132 Å². The van der Waals surface area contributed by atoms with Crippen LogP contribution < -0.4 is 5.32 Å². The van der Waals surface area contributed by atoms with E-state index in [0.29, 0.717) is 162 Å². The Kier molecular flexibility index (Phi) is 38.0. The van der Waals surface area contributed by atoms with Gasteiger partial charge in [0.2, 0.25) is 5.79 Å². The molecule has 4 rings (SSSR count). The summed E-state index contributed by atoms with van der Waals surface area (Å²) < 4.78 is 69.2. The van der Waals surface area contributed by atoms with Gasteiger partial charge in [0.1, 0.15) is 30.5 Å². The molecule has 0 unspecified atom stereocenters. The molecule has 0 aromatic heterocycles. The summed E-state index contributed by atoms with van der Waals surface area (Å²) in [5, 5.41) is 49.9. The number of Topliss-reactive ketones (excluding diaryl/α,β-unsaturated/α-hetero) is 2. The lowest BCUT2D eigenvalue weighted by Crippen LogP contribution is -2.61. The van der Waals surface area contributed by atoms with Crippen molar-refractivity contribution in [2.45, 2.75) is 193 Å². The molecule has 0 aromatic rings. The molecule has 3 fully saturated rings. The lowest BCUT2D eigenvalue weighted by molar-refractivity contribution is -0.265. The zero-order chi connectivity index (χ0) is 66.0. The van der Waals surface area contributed by atoms with Gasteiger partial charge in [-0.25, -0.2) is 4.79 Å². The summed E-state index contributed by atoms with van der Waals surface area (Å²) in [7, 11) is 3.20. The summed E-state index contributed by atoms with van der Waals surface area (Å²) in [6, 6.07) is -1.16. The number of hydrogen-bond donors (Lipinski definition) is 5. The Labute approximate surface area is 541 Å². The van der Waals surface area contributed by atoms with Crippen molar-refractivity contribution in [3.63, 3.8) is 0 Å². The fraction of sp³-hybridized carbons (Fsp3) is 0.806. The zero-order valence-electron chi connectivity index (χ0n) is 55.6. The van der Waals surface area contributed by atoms with Crippen LogP contribution in [0.15, 0.2) is 47.6 Å². The highest BCUT2D eigenvalue weighted by Gasteiger charge is 2.53.